The van der Waals surface area contributed by atoms with Gasteiger partial charge >= 0.3 is 0 Å². The molecule has 1 aromatic rings. The molecule has 0 aliphatic carbocycles. The first kappa shape index (κ1) is 11.5. The Balaban J connectivity index is 2.66. The monoisotopic (exact) mass is 204 g/mol. The summed E-state index contributed by atoms with van der Waals surface area (Å²) >= 11 is 0. The molecule has 3 heteroatoms. The summed E-state index contributed by atoms with van der Waals surface area (Å²) in [6.07, 6.45) is 0.450. The van der Waals surface area contributed by atoms with Gasteiger partial charge in [0.2, 0.25) is 0 Å². The van der Waals surface area contributed by atoms with Crippen LogP contribution in [0.2, 0.25) is 0 Å². The lowest BCUT2D eigenvalue weighted by molar-refractivity contribution is 0.177. The van der Waals surface area contributed by atoms with E-state index < -0.39 is 0 Å². The van der Waals surface area contributed by atoms with Crippen LogP contribution in [-0.4, -0.2) is 24.8 Å². The van der Waals surface area contributed by atoms with E-state index in [-0.39, 0.29) is 6.10 Å². The molecule has 1 unspecified atom stereocenters. The van der Waals surface area contributed by atoms with Crippen molar-refractivity contribution in [2.75, 3.05) is 18.5 Å². The average Bonchev–Trinajstić information content (AvgIpc) is 2.29. The van der Waals surface area contributed by atoms with Crippen molar-refractivity contribution in [1.82, 2.24) is 0 Å². The van der Waals surface area contributed by atoms with Crippen LogP contribution >= 0.6 is 0 Å². The fourth-order valence-corrected chi connectivity index (χ4v) is 1.34. The van der Waals surface area contributed by atoms with E-state index >= 15 is 0 Å². The Morgan fingerprint density at radius 3 is 2.47 bits per heavy atom. The summed E-state index contributed by atoms with van der Waals surface area (Å²) in [6.45, 7) is 2.57. The fourth-order valence-electron chi connectivity index (χ4n) is 1.34. The number of aliphatic hydroxyl groups excluding tert-OH is 1. The minimum Gasteiger partial charge on any atom is -0.391 e. The summed E-state index contributed by atoms with van der Waals surface area (Å²) in [6, 6.07) is 9.42. The summed E-state index contributed by atoms with van der Waals surface area (Å²) in [5.41, 5.74) is 1.67. The van der Waals surface area contributed by atoms with Gasteiger partial charge in [-0.15, -0.1) is 0 Å². The average molecular weight is 204 g/mol. The van der Waals surface area contributed by atoms with Crippen molar-refractivity contribution in [3.8, 4) is 6.07 Å². The highest BCUT2D eigenvalue weighted by Gasteiger charge is 2.06. The van der Waals surface area contributed by atoms with Gasteiger partial charge in [0.25, 0.3) is 0 Å². The maximum atomic E-state index is 9.50. The van der Waals surface area contributed by atoms with Gasteiger partial charge in [0, 0.05) is 19.3 Å². The van der Waals surface area contributed by atoms with E-state index in [1.807, 2.05) is 31.0 Å². The Hall–Kier alpha value is -1.53. The Morgan fingerprint density at radius 1 is 1.40 bits per heavy atom. The van der Waals surface area contributed by atoms with E-state index in [9.17, 15) is 5.11 Å². The van der Waals surface area contributed by atoms with Crippen LogP contribution in [-0.2, 0) is 0 Å². The number of rotatable bonds is 4. The number of hydrogen-bond donors (Lipinski definition) is 1. The highest BCUT2D eigenvalue weighted by molar-refractivity contribution is 5.49. The smallest absolute Gasteiger partial charge is 0.0991 e. The predicted octanol–water partition coefficient (Wildman–Crippen LogP) is 1.77. The second kappa shape index (κ2) is 5.38. The molecule has 0 saturated heterocycles. The number of nitriles is 1. The van der Waals surface area contributed by atoms with Crippen molar-refractivity contribution in [3.05, 3.63) is 29.8 Å². The third kappa shape index (κ3) is 3.26. The molecule has 0 bridgehead atoms. The largest absolute Gasteiger partial charge is 0.391 e. The quantitative estimate of drug-likeness (QED) is 0.813. The lowest BCUT2D eigenvalue weighted by Crippen LogP contribution is -2.28. The zero-order chi connectivity index (χ0) is 11.3. The van der Waals surface area contributed by atoms with Crippen molar-refractivity contribution in [1.29, 1.82) is 5.26 Å². The van der Waals surface area contributed by atoms with Crippen LogP contribution in [0.5, 0.6) is 0 Å². The standard InChI is InChI=1S/C12H16N2O/c1-3-12(15)9-14(2)11-6-4-10(8-13)5-7-11/h4-7,12,15H,3,9H2,1-2H3. The molecule has 1 rings (SSSR count). The Morgan fingerprint density at radius 2 is 2.00 bits per heavy atom. The molecule has 0 saturated carbocycles. The first-order chi connectivity index (χ1) is 7.17. The van der Waals surface area contributed by atoms with Crippen LogP contribution in [0.25, 0.3) is 0 Å². The molecule has 0 radical (unpaired) electrons. The van der Waals surface area contributed by atoms with Gasteiger partial charge in [-0.05, 0) is 30.7 Å². The van der Waals surface area contributed by atoms with Crippen molar-refractivity contribution >= 4 is 5.69 Å². The number of aliphatic hydroxyl groups is 1. The van der Waals surface area contributed by atoms with E-state index in [0.29, 0.717) is 12.1 Å². The number of hydrogen-bond acceptors (Lipinski definition) is 3. The van der Waals surface area contributed by atoms with Gasteiger partial charge < -0.3 is 10.0 Å². The van der Waals surface area contributed by atoms with E-state index in [1.54, 1.807) is 12.1 Å². The fraction of sp³-hybridized carbons (Fsp3) is 0.417. The summed E-state index contributed by atoms with van der Waals surface area (Å²) in [5.74, 6) is 0. The van der Waals surface area contributed by atoms with Crippen molar-refractivity contribution in [2.24, 2.45) is 0 Å². The third-order valence-corrected chi connectivity index (χ3v) is 2.39. The van der Waals surface area contributed by atoms with Gasteiger partial charge in [-0.3, -0.25) is 0 Å². The number of anilines is 1. The summed E-state index contributed by atoms with van der Waals surface area (Å²) < 4.78 is 0. The van der Waals surface area contributed by atoms with Crippen molar-refractivity contribution in [3.63, 3.8) is 0 Å². The van der Waals surface area contributed by atoms with E-state index in [4.69, 9.17) is 5.26 Å². The third-order valence-electron chi connectivity index (χ3n) is 2.39. The van der Waals surface area contributed by atoms with Gasteiger partial charge in [0.15, 0.2) is 0 Å². The van der Waals surface area contributed by atoms with Crippen molar-refractivity contribution in [2.45, 2.75) is 19.4 Å². The molecule has 1 N–H and O–H groups in total. The van der Waals surface area contributed by atoms with Crippen LogP contribution in [0.4, 0.5) is 5.69 Å². The number of benzene rings is 1. The maximum Gasteiger partial charge on any atom is 0.0991 e. The van der Waals surface area contributed by atoms with Crippen molar-refractivity contribution < 1.29 is 5.11 Å². The van der Waals surface area contributed by atoms with E-state index in [2.05, 4.69) is 6.07 Å². The minimum atomic E-state index is -0.300. The van der Waals surface area contributed by atoms with Gasteiger partial charge in [-0.2, -0.15) is 5.26 Å². The molecule has 0 fully saturated rings. The van der Waals surface area contributed by atoms with Crippen LogP contribution in [0.3, 0.4) is 0 Å². The van der Waals surface area contributed by atoms with Crippen LogP contribution in [0.1, 0.15) is 18.9 Å². The molecule has 0 amide bonds. The Bertz CT molecular complexity index is 340. The zero-order valence-corrected chi connectivity index (χ0v) is 9.14. The van der Waals surface area contributed by atoms with Gasteiger partial charge in [0.05, 0.1) is 17.7 Å². The molecule has 3 nitrogen and oxygen atoms in total. The molecule has 0 aliphatic heterocycles. The molecule has 1 aromatic carbocycles. The van der Waals surface area contributed by atoms with E-state index in [1.165, 1.54) is 0 Å². The highest BCUT2D eigenvalue weighted by atomic mass is 16.3. The lowest BCUT2D eigenvalue weighted by Gasteiger charge is -2.21. The van der Waals surface area contributed by atoms with Crippen LogP contribution in [0, 0.1) is 11.3 Å². The van der Waals surface area contributed by atoms with Crippen LogP contribution < -0.4 is 4.90 Å². The van der Waals surface area contributed by atoms with Gasteiger partial charge in [-0.25, -0.2) is 0 Å². The van der Waals surface area contributed by atoms with Crippen LogP contribution in [0.15, 0.2) is 24.3 Å². The zero-order valence-electron chi connectivity index (χ0n) is 9.14. The first-order valence-corrected chi connectivity index (χ1v) is 5.06. The highest BCUT2D eigenvalue weighted by Crippen LogP contribution is 2.13. The second-order valence-corrected chi connectivity index (χ2v) is 3.60. The normalized spacial score (nSPS) is 11.9. The predicted molar refractivity (Wildman–Crippen MR) is 60.7 cm³/mol. The first-order valence-electron chi connectivity index (χ1n) is 5.06. The Kier molecular flexibility index (Phi) is 4.14. The second-order valence-electron chi connectivity index (χ2n) is 3.60. The lowest BCUT2D eigenvalue weighted by atomic mass is 10.2. The SMILES string of the molecule is CCC(O)CN(C)c1ccc(C#N)cc1. The molecule has 0 heterocycles. The summed E-state index contributed by atoms with van der Waals surface area (Å²) in [7, 11) is 1.93. The molecule has 0 aromatic heterocycles. The molecular formula is C12H16N2O. The summed E-state index contributed by atoms with van der Waals surface area (Å²) in [4.78, 5) is 1.98. The maximum absolute atomic E-state index is 9.50. The van der Waals surface area contributed by atoms with E-state index in [0.717, 1.165) is 12.1 Å². The molecule has 0 aliphatic rings. The number of likely N-dealkylation sites (N-methyl/N-ethyl adjacent to an activating group) is 1. The summed E-state index contributed by atoms with van der Waals surface area (Å²) in [5, 5.41) is 18.1. The Labute approximate surface area is 90.6 Å². The molecule has 80 valence electrons. The van der Waals surface area contributed by atoms with Gasteiger partial charge in [-0.1, -0.05) is 6.92 Å². The molecule has 0 spiro atoms. The molecule has 1 atom stereocenters. The van der Waals surface area contributed by atoms with Gasteiger partial charge in [0.1, 0.15) is 0 Å². The topological polar surface area (TPSA) is 47.3 Å². The molecule has 15 heavy (non-hydrogen) atoms. The molecular weight excluding hydrogens is 188 g/mol. The minimum absolute atomic E-state index is 0.300. The number of nitrogens with zero attached hydrogens (tertiary/aromatic N) is 2.